The molecule has 0 spiro atoms. The molecule has 1 aliphatic rings. The van der Waals surface area contributed by atoms with Crippen LogP contribution in [-0.4, -0.2) is 15.8 Å². The monoisotopic (exact) mass is 277 g/mol. The fourth-order valence-corrected chi connectivity index (χ4v) is 3.48. The van der Waals surface area contributed by atoms with Crippen molar-refractivity contribution < 1.29 is 0 Å². The largest absolute Gasteiger partial charge is 0.310 e. The zero-order valence-electron chi connectivity index (χ0n) is 14.1. The fourth-order valence-electron chi connectivity index (χ4n) is 3.48. The molecule has 1 aromatic rings. The van der Waals surface area contributed by atoms with Gasteiger partial charge < -0.3 is 5.32 Å². The highest BCUT2D eigenvalue weighted by molar-refractivity contribution is 5.24. The van der Waals surface area contributed by atoms with Gasteiger partial charge in [-0.15, -0.1) is 0 Å². The molecule has 3 heteroatoms. The molecule has 0 amide bonds. The molecule has 0 aliphatic heterocycles. The summed E-state index contributed by atoms with van der Waals surface area (Å²) in [7, 11) is 2.03. The number of hydrogen-bond donors (Lipinski definition) is 1. The van der Waals surface area contributed by atoms with Crippen molar-refractivity contribution in [3.8, 4) is 0 Å². The van der Waals surface area contributed by atoms with Gasteiger partial charge in [0.2, 0.25) is 0 Å². The molecule has 0 unspecified atom stereocenters. The van der Waals surface area contributed by atoms with Gasteiger partial charge in [0, 0.05) is 30.9 Å². The van der Waals surface area contributed by atoms with Gasteiger partial charge in [0.25, 0.3) is 0 Å². The Morgan fingerprint density at radius 3 is 2.20 bits per heavy atom. The van der Waals surface area contributed by atoms with Crippen molar-refractivity contribution in [3.63, 3.8) is 0 Å². The van der Waals surface area contributed by atoms with Crippen LogP contribution in [0.2, 0.25) is 0 Å². The average molecular weight is 277 g/mol. The van der Waals surface area contributed by atoms with E-state index < -0.39 is 0 Å². The summed E-state index contributed by atoms with van der Waals surface area (Å²) < 4.78 is 1.99. The van der Waals surface area contributed by atoms with Crippen LogP contribution in [0.4, 0.5) is 0 Å². The van der Waals surface area contributed by atoms with Crippen LogP contribution < -0.4 is 5.32 Å². The summed E-state index contributed by atoms with van der Waals surface area (Å²) in [5, 5.41) is 8.25. The van der Waals surface area contributed by atoms with Crippen molar-refractivity contribution in [1.29, 1.82) is 0 Å². The predicted molar refractivity (Wildman–Crippen MR) is 84.7 cm³/mol. The van der Waals surface area contributed by atoms with E-state index in [1.807, 2.05) is 11.7 Å². The molecule has 0 radical (unpaired) electrons. The quantitative estimate of drug-likeness (QED) is 0.912. The molecule has 2 rings (SSSR count). The van der Waals surface area contributed by atoms with E-state index in [1.54, 1.807) is 0 Å². The normalized spacial score (nSPS) is 24.1. The molecular weight excluding hydrogens is 246 g/mol. The van der Waals surface area contributed by atoms with Gasteiger partial charge in [0.05, 0.1) is 5.69 Å². The van der Waals surface area contributed by atoms with Gasteiger partial charge in [-0.2, -0.15) is 5.10 Å². The Bertz CT molecular complexity index is 446. The molecule has 20 heavy (non-hydrogen) atoms. The Morgan fingerprint density at radius 2 is 1.75 bits per heavy atom. The number of aryl methyl sites for hydroxylation is 2. The predicted octanol–water partition coefficient (Wildman–Crippen LogP) is 3.73. The Labute approximate surface area is 124 Å². The molecule has 1 heterocycles. The third-order valence-corrected chi connectivity index (χ3v) is 5.18. The van der Waals surface area contributed by atoms with Gasteiger partial charge in [-0.1, -0.05) is 20.8 Å². The third kappa shape index (κ3) is 3.43. The molecule has 1 N–H and O–H groups in total. The van der Waals surface area contributed by atoms with E-state index in [0.29, 0.717) is 11.5 Å². The summed E-state index contributed by atoms with van der Waals surface area (Å²) in [5.74, 6) is 0.891. The zero-order valence-corrected chi connectivity index (χ0v) is 14.1. The van der Waals surface area contributed by atoms with E-state index in [1.165, 1.54) is 42.6 Å². The Balaban J connectivity index is 1.85. The van der Waals surface area contributed by atoms with Gasteiger partial charge in [-0.05, 0) is 50.9 Å². The molecule has 1 aliphatic carbocycles. The van der Waals surface area contributed by atoms with Gasteiger partial charge in [0.15, 0.2) is 0 Å². The molecular formula is C17H31N3. The lowest BCUT2D eigenvalue weighted by atomic mass is 9.71. The summed E-state index contributed by atoms with van der Waals surface area (Å²) in [4.78, 5) is 0. The summed E-state index contributed by atoms with van der Waals surface area (Å²) in [6.45, 7) is 12.4. The van der Waals surface area contributed by atoms with Crippen LogP contribution in [0, 0.1) is 25.2 Å². The standard InChI is InChI=1S/C17H31N3/c1-12-16(13(2)20(6)19-12)11-18-15-9-7-14(8-10-15)17(3,4)5/h14-15,18H,7-11H2,1-6H3. The number of rotatable bonds is 3. The van der Waals surface area contributed by atoms with Crippen molar-refractivity contribution in [2.24, 2.45) is 18.4 Å². The van der Waals surface area contributed by atoms with Gasteiger partial charge in [-0.3, -0.25) is 4.68 Å². The third-order valence-electron chi connectivity index (χ3n) is 5.18. The smallest absolute Gasteiger partial charge is 0.0641 e. The highest BCUT2D eigenvalue weighted by Crippen LogP contribution is 2.37. The summed E-state index contributed by atoms with van der Waals surface area (Å²) in [6.07, 6.45) is 5.37. The molecule has 0 aromatic carbocycles. The molecule has 1 aromatic heterocycles. The molecule has 0 atom stereocenters. The van der Waals surface area contributed by atoms with E-state index in [2.05, 4.69) is 45.0 Å². The Hall–Kier alpha value is -0.830. The average Bonchev–Trinajstić information content (AvgIpc) is 2.61. The number of nitrogens with zero attached hydrogens (tertiary/aromatic N) is 2. The lowest BCUT2D eigenvalue weighted by molar-refractivity contribution is 0.160. The highest BCUT2D eigenvalue weighted by atomic mass is 15.3. The summed E-state index contributed by atoms with van der Waals surface area (Å²) >= 11 is 0. The minimum atomic E-state index is 0.474. The molecule has 1 fully saturated rings. The van der Waals surface area contributed by atoms with Crippen molar-refractivity contribution in [2.75, 3.05) is 0 Å². The molecule has 0 saturated heterocycles. The molecule has 1 saturated carbocycles. The van der Waals surface area contributed by atoms with Crippen molar-refractivity contribution in [1.82, 2.24) is 15.1 Å². The van der Waals surface area contributed by atoms with Crippen LogP contribution in [0.5, 0.6) is 0 Å². The summed E-state index contributed by atoms with van der Waals surface area (Å²) in [5.41, 5.74) is 4.31. The number of aromatic nitrogens is 2. The minimum absolute atomic E-state index is 0.474. The van der Waals surface area contributed by atoms with E-state index in [-0.39, 0.29) is 0 Å². The van der Waals surface area contributed by atoms with Crippen molar-refractivity contribution in [2.45, 2.75) is 72.9 Å². The lowest BCUT2D eigenvalue weighted by Crippen LogP contribution is -2.36. The van der Waals surface area contributed by atoms with Crippen molar-refractivity contribution >= 4 is 0 Å². The van der Waals surface area contributed by atoms with Crippen LogP contribution in [-0.2, 0) is 13.6 Å². The van der Waals surface area contributed by atoms with Crippen LogP contribution in [0.25, 0.3) is 0 Å². The van der Waals surface area contributed by atoms with Gasteiger partial charge >= 0.3 is 0 Å². The minimum Gasteiger partial charge on any atom is -0.310 e. The molecule has 3 nitrogen and oxygen atoms in total. The topological polar surface area (TPSA) is 29.9 Å². The van der Waals surface area contributed by atoms with Crippen molar-refractivity contribution in [3.05, 3.63) is 17.0 Å². The first-order valence-electron chi connectivity index (χ1n) is 8.01. The highest BCUT2D eigenvalue weighted by Gasteiger charge is 2.29. The maximum Gasteiger partial charge on any atom is 0.0641 e. The first-order valence-corrected chi connectivity index (χ1v) is 8.01. The first kappa shape index (κ1) is 15.6. The first-order chi connectivity index (χ1) is 9.29. The SMILES string of the molecule is Cc1nn(C)c(C)c1CNC1CCC(C(C)(C)C)CC1. The summed E-state index contributed by atoms with van der Waals surface area (Å²) in [6, 6.07) is 0.688. The second kappa shape index (κ2) is 5.88. The van der Waals surface area contributed by atoms with E-state index in [4.69, 9.17) is 0 Å². The maximum atomic E-state index is 4.50. The second-order valence-electron chi connectivity index (χ2n) is 7.57. The zero-order chi connectivity index (χ0) is 14.9. The Kier molecular flexibility index (Phi) is 4.58. The lowest BCUT2D eigenvalue weighted by Gasteiger charge is -2.37. The molecule has 114 valence electrons. The second-order valence-corrected chi connectivity index (χ2v) is 7.57. The number of hydrogen-bond acceptors (Lipinski definition) is 2. The van der Waals surface area contributed by atoms with Crippen LogP contribution in [0.15, 0.2) is 0 Å². The van der Waals surface area contributed by atoms with Gasteiger partial charge in [-0.25, -0.2) is 0 Å². The fraction of sp³-hybridized carbons (Fsp3) is 0.824. The van der Waals surface area contributed by atoms with Crippen LogP contribution in [0.3, 0.4) is 0 Å². The van der Waals surface area contributed by atoms with Crippen LogP contribution >= 0.6 is 0 Å². The van der Waals surface area contributed by atoms with E-state index in [9.17, 15) is 0 Å². The van der Waals surface area contributed by atoms with E-state index in [0.717, 1.165) is 12.5 Å². The maximum absolute atomic E-state index is 4.50. The number of nitrogens with one attached hydrogen (secondary N) is 1. The van der Waals surface area contributed by atoms with Crippen LogP contribution in [0.1, 0.15) is 63.4 Å². The Morgan fingerprint density at radius 1 is 1.15 bits per heavy atom. The van der Waals surface area contributed by atoms with E-state index >= 15 is 0 Å². The van der Waals surface area contributed by atoms with Gasteiger partial charge in [0.1, 0.15) is 0 Å². The molecule has 0 bridgehead atoms.